The van der Waals surface area contributed by atoms with E-state index in [1.165, 1.54) is 0 Å². The van der Waals surface area contributed by atoms with Crippen LogP contribution in [0.1, 0.15) is 44.5 Å². The van der Waals surface area contributed by atoms with Crippen molar-refractivity contribution in [2.75, 3.05) is 0 Å². The van der Waals surface area contributed by atoms with Crippen LogP contribution >= 0.6 is 0 Å². The molecule has 5 rings (SSSR count). The number of hydrogen-bond acceptors (Lipinski definition) is 2. The van der Waals surface area contributed by atoms with Gasteiger partial charge in [-0.25, -0.2) is 0 Å². The van der Waals surface area contributed by atoms with Crippen LogP contribution in [0.3, 0.4) is 0 Å². The lowest BCUT2D eigenvalue weighted by molar-refractivity contribution is 0.447. The summed E-state index contributed by atoms with van der Waals surface area (Å²) in [5.74, 6) is 0.486. The van der Waals surface area contributed by atoms with Gasteiger partial charge in [-0.3, -0.25) is 0 Å². The second-order valence-corrected chi connectivity index (χ2v) is 8.75. The van der Waals surface area contributed by atoms with Crippen molar-refractivity contribution in [3.63, 3.8) is 0 Å². The minimum atomic E-state index is -0.807. The van der Waals surface area contributed by atoms with Gasteiger partial charge in [-0.2, -0.15) is 0 Å². The zero-order valence-electron chi connectivity index (χ0n) is 18.3. The molecule has 0 bridgehead atoms. The predicted molar refractivity (Wildman–Crippen MR) is 126 cm³/mol. The monoisotopic (exact) mass is 406 g/mol. The molecule has 0 radical (unpaired) electrons. The molecule has 4 aromatic carbocycles. The molecule has 0 aliphatic heterocycles. The van der Waals surface area contributed by atoms with E-state index in [-0.39, 0.29) is 11.5 Å². The molecule has 31 heavy (non-hydrogen) atoms. The summed E-state index contributed by atoms with van der Waals surface area (Å²) >= 11 is 0. The summed E-state index contributed by atoms with van der Waals surface area (Å²) in [5.41, 5.74) is 9.51. The predicted octanol–water partition coefficient (Wildman–Crippen LogP) is 6.69. The van der Waals surface area contributed by atoms with E-state index in [2.05, 4.69) is 50.2 Å². The molecular formula is C29H26O2. The lowest BCUT2D eigenvalue weighted by Crippen LogP contribution is -2.29. The van der Waals surface area contributed by atoms with Crippen LogP contribution in [0.4, 0.5) is 0 Å². The van der Waals surface area contributed by atoms with E-state index in [1.54, 1.807) is 0 Å². The van der Waals surface area contributed by atoms with Gasteiger partial charge in [-0.1, -0.05) is 60.7 Å². The van der Waals surface area contributed by atoms with Crippen LogP contribution in [0, 0.1) is 27.7 Å². The van der Waals surface area contributed by atoms with Crippen molar-refractivity contribution in [1.82, 2.24) is 0 Å². The summed E-state index contributed by atoms with van der Waals surface area (Å²) in [7, 11) is 0. The maximum Gasteiger partial charge on any atom is 0.120 e. The lowest BCUT2D eigenvalue weighted by atomic mass is 9.66. The Labute approximate surface area is 183 Å². The molecule has 2 N–H and O–H groups in total. The van der Waals surface area contributed by atoms with Crippen LogP contribution in [-0.4, -0.2) is 10.2 Å². The summed E-state index contributed by atoms with van der Waals surface area (Å²) in [6.45, 7) is 8.16. The number of aromatic hydroxyl groups is 2. The fraction of sp³-hybridized carbons (Fsp3) is 0.172. The van der Waals surface area contributed by atoms with Gasteiger partial charge >= 0.3 is 0 Å². The lowest BCUT2D eigenvalue weighted by Gasteiger charge is -2.35. The fourth-order valence-corrected chi connectivity index (χ4v) is 5.16. The zero-order chi connectivity index (χ0) is 21.9. The number of phenolic OH excluding ortho intramolecular Hbond substituents is 2. The number of fused-ring (bicyclic) bond motifs is 3. The first-order valence-electron chi connectivity index (χ1n) is 10.7. The molecule has 4 aromatic rings. The summed E-state index contributed by atoms with van der Waals surface area (Å²) in [6.07, 6.45) is 0. The highest BCUT2D eigenvalue weighted by Crippen LogP contribution is 2.59. The number of hydrogen-bond donors (Lipinski definition) is 2. The Morgan fingerprint density at radius 2 is 0.839 bits per heavy atom. The Morgan fingerprint density at radius 1 is 0.484 bits per heavy atom. The molecule has 2 nitrogen and oxygen atoms in total. The van der Waals surface area contributed by atoms with Crippen molar-refractivity contribution in [2.45, 2.75) is 33.1 Å². The molecule has 0 heterocycles. The topological polar surface area (TPSA) is 40.5 Å². The average Bonchev–Trinajstić information content (AvgIpc) is 3.05. The Morgan fingerprint density at radius 3 is 1.26 bits per heavy atom. The number of benzene rings is 4. The smallest absolute Gasteiger partial charge is 0.120 e. The molecule has 1 aliphatic rings. The van der Waals surface area contributed by atoms with Crippen molar-refractivity contribution in [2.24, 2.45) is 0 Å². The molecule has 0 fully saturated rings. The van der Waals surface area contributed by atoms with Crippen LogP contribution in [0.5, 0.6) is 11.5 Å². The van der Waals surface area contributed by atoms with E-state index >= 15 is 0 Å². The van der Waals surface area contributed by atoms with Gasteiger partial charge in [-0.05, 0) is 84.3 Å². The molecule has 154 valence electrons. The number of aryl methyl sites for hydroxylation is 4. The summed E-state index contributed by atoms with van der Waals surface area (Å²) < 4.78 is 0. The van der Waals surface area contributed by atoms with Gasteiger partial charge in [0.25, 0.3) is 0 Å². The Balaban J connectivity index is 2.03. The molecule has 0 saturated carbocycles. The quantitative estimate of drug-likeness (QED) is 0.343. The van der Waals surface area contributed by atoms with E-state index < -0.39 is 5.41 Å². The normalized spacial score (nSPS) is 13.7. The van der Waals surface area contributed by atoms with Crippen molar-refractivity contribution < 1.29 is 10.2 Å². The first kappa shape index (κ1) is 19.4. The van der Waals surface area contributed by atoms with E-state index in [1.807, 2.05) is 50.2 Å². The van der Waals surface area contributed by atoms with Crippen LogP contribution in [0.2, 0.25) is 0 Å². The molecule has 1 aliphatic carbocycles. The second kappa shape index (κ2) is 6.75. The van der Waals surface area contributed by atoms with E-state index in [0.717, 1.165) is 55.6 Å². The summed E-state index contributed by atoms with van der Waals surface area (Å²) in [5, 5.41) is 22.6. The van der Waals surface area contributed by atoms with Gasteiger partial charge in [0.1, 0.15) is 11.5 Å². The van der Waals surface area contributed by atoms with Crippen LogP contribution in [-0.2, 0) is 5.41 Å². The maximum atomic E-state index is 11.3. The van der Waals surface area contributed by atoms with Gasteiger partial charge in [0.2, 0.25) is 0 Å². The van der Waals surface area contributed by atoms with Gasteiger partial charge in [-0.15, -0.1) is 0 Å². The van der Waals surface area contributed by atoms with Gasteiger partial charge < -0.3 is 10.2 Å². The standard InChI is InChI=1S/C29H26O2/c1-17-13-25(27(30)15-19(17)3)29(26-14-18(2)20(4)16-28(26)31)23-11-7-5-9-21(23)22-10-6-8-12-24(22)29/h5-16,30-31H,1-4H3. The van der Waals surface area contributed by atoms with Crippen molar-refractivity contribution in [1.29, 1.82) is 0 Å². The highest BCUT2D eigenvalue weighted by atomic mass is 16.3. The molecule has 0 unspecified atom stereocenters. The van der Waals surface area contributed by atoms with Crippen LogP contribution in [0.25, 0.3) is 11.1 Å². The third-order valence-corrected chi connectivity index (χ3v) is 6.98. The third-order valence-electron chi connectivity index (χ3n) is 6.98. The zero-order valence-corrected chi connectivity index (χ0v) is 18.3. The first-order chi connectivity index (χ1) is 14.9. The molecule has 0 atom stereocenters. The number of rotatable bonds is 2. The minimum Gasteiger partial charge on any atom is -0.508 e. The molecule has 2 heteroatoms. The summed E-state index contributed by atoms with van der Waals surface area (Å²) in [6, 6.07) is 24.5. The van der Waals surface area contributed by atoms with Crippen molar-refractivity contribution in [3.8, 4) is 22.6 Å². The SMILES string of the molecule is Cc1cc(O)c(C2(c3cc(C)c(C)cc3O)c3ccccc3-c3ccccc32)cc1C. The molecule has 0 saturated heterocycles. The second-order valence-electron chi connectivity index (χ2n) is 8.75. The maximum absolute atomic E-state index is 11.3. The summed E-state index contributed by atoms with van der Waals surface area (Å²) in [4.78, 5) is 0. The van der Waals surface area contributed by atoms with Crippen molar-refractivity contribution in [3.05, 3.63) is 117 Å². The minimum absolute atomic E-state index is 0.243. The largest absolute Gasteiger partial charge is 0.508 e. The molecule has 0 amide bonds. The number of phenols is 2. The highest BCUT2D eigenvalue weighted by Gasteiger charge is 2.48. The van der Waals surface area contributed by atoms with Gasteiger partial charge in [0.05, 0.1) is 5.41 Å². The van der Waals surface area contributed by atoms with Crippen molar-refractivity contribution >= 4 is 0 Å². The van der Waals surface area contributed by atoms with Crippen LogP contribution in [0.15, 0.2) is 72.8 Å². The Bertz CT molecular complexity index is 1240. The molecule has 0 aromatic heterocycles. The first-order valence-corrected chi connectivity index (χ1v) is 10.7. The van der Waals surface area contributed by atoms with Gasteiger partial charge in [0, 0.05) is 11.1 Å². The fourth-order valence-electron chi connectivity index (χ4n) is 5.16. The third kappa shape index (κ3) is 2.58. The van der Waals surface area contributed by atoms with Crippen LogP contribution < -0.4 is 0 Å². The molecule has 0 spiro atoms. The van der Waals surface area contributed by atoms with E-state index in [9.17, 15) is 10.2 Å². The Hall–Kier alpha value is -3.52. The Kier molecular flexibility index (Phi) is 4.23. The van der Waals surface area contributed by atoms with E-state index in [0.29, 0.717) is 0 Å². The molecular weight excluding hydrogens is 380 g/mol. The average molecular weight is 407 g/mol. The highest BCUT2D eigenvalue weighted by molar-refractivity contribution is 5.87. The van der Waals surface area contributed by atoms with Gasteiger partial charge in [0.15, 0.2) is 0 Å². The van der Waals surface area contributed by atoms with E-state index in [4.69, 9.17) is 0 Å².